The zero-order chi connectivity index (χ0) is 12.3. The van der Waals surface area contributed by atoms with Gasteiger partial charge in [-0.05, 0) is 10.8 Å². The lowest BCUT2D eigenvalue weighted by Gasteiger charge is -2.12. The Bertz CT molecular complexity index is 654. The molecule has 2 aromatic carbocycles. The Kier molecular flexibility index (Phi) is 2.49. The van der Waals surface area contributed by atoms with E-state index in [4.69, 9.17) is 15.8 Å². The van der Waals surface area contributed by atoms with E-state index in [1.54, 1.807) is 30.3 Å². The molecule has 0 aliphatic carbocycles. The smallest absolute Gasteiger partial charge is 0.195 e. The largest absolute Gasteiger partial charge is 0.254 e. The topological polar surface area (TPSA) is 71.4 Å². The van der Waals surface area contributed by atoms with Crippen molar-refractivity contribution in [2.45, 2.75) is 5.41 Å². The number of hydrogen-bond acceptors (Lipinski definition) is 3. The summed E-state index contributed by atoms with van der Waals surface area (Å²) in [6, 6.07) is 18.1. The predicted octanol–water partition coefficient (Wildman–Crippen LogP) is 2.65. The molecule has 0 amide bonds. The second-order valence-corrected chi connectivity index (χ2v) is 3.61. The molecule has 0 unspecified atom stereocenters. The zero-order valence-electron chi connectivity index (χ0n) is 8.88. The van der Waals surface area contributed by atoms with Crippen LogP contribution in [0, 0.1) is 34.0 Å². The van der Waals surface area contributed by atoms with Crippen molar-refractivity contribution < 1.29 is 0 Å². The second-order valence-electron chi connectivity index (χ2n) is 3.61. The fourth-order valence-corrected chi connectivity index (χ4v) is 1.81. The van der Waals surface area contributed by atoms with Crippen LogP contribution in [0.2, 0.25) is 0 Å². The third-order valence-corrected chi connectivity index (χ3v) is 2.70. The lowest BCUT2D eigenvalue weighted by Crippen LogP contribution is -2.19. The van der Waals surface area contributed by atoms with Crippen LogP contribution < -0.4 is 0 Å². The molecule has 2 aromatic rings. The maximum Gasteiger partial charge on any atom is 0.254 e. The number of rotatable bonds is 1. The number of fused-ring (bicyclic) bond motifs is 1. The van der Waals surface area contributed by atoms with E-state index in [9.17, 15) is 0 Å². The third kappa shape index (κ3) is 1.49. The van der Waals surface area contributed by atoms with Crippen LogP contribution in [-0.4, -0.2) is 0 Å². The average Bonchev–Trinajstić information content (AvgIpc) is 2.41. The molecule has 0 heterocycles. The van der Waals surface area contributed by atoms with Gasteiger partial charge in [-0.25, -0.2) is 0 Å². The fraction of sp³-hybridized carbons (Fsp3) is 0.0714. The third-order valence-electron chi connectivity index (χ3n) is 2.70. The van der Waals surface area contributed by atoms with E-state index in [0.29, 0.717) is 5.56 Å². The highest BCUT2D eigenvalue weighted by molar-refractivity contribution is 5.88. The number of hydrogen-bond donors (Lipinski definition) is 0. The van der Waals surface area contributed by atoms with Gasteiger partial charge in [0.25, 0.3) is 5.41 Å². The van der Waals surface area contributed by atoms with Crippen molar-refractivity contribution in [3.63, 3.8) is 0 Å². The van der Waals surface area contributed by atoms with Gasteiger partial charge in [-0.15, -0.1) is 0 Å². The first-order valence-electron chi connectivity index (χ1n) is 4.99. The molecule has 0 atom stereocenters. The zero-order valence-corrected chi connectivity index (χ0v) is 8.88. The average molecular weight is 217 g/mol. The number of nitriles is 3. The van der Waals surface area contributed by atoms with Crippen LogP contribution in [-0.2, 0) is 5.41 Å². The highest BCUT2D eigenvalue weighted by atomic mass is 14.4. The molecule has 78 valence electrons. The molecule has 0 N–H and O–H groups in total. The van der Waals surface area contributed by atoms with Gasteiger partial charge in [0.15, 0.2) is 0 Å². The summed E-state index contributed by atoms with van der Waals surface area (Å²) in [6.07, 6.45) is 0. The van der Waals surface area contributed by atoms with E-state index >= 15 is 0 Å². The molecular formula is C14H7N3. The molecule has 2 rings (SSSR count). The van der Waals surface area contributed by atoms with E-state index in [1.165, 1.54) is 0 Å². The van der Waals surface area contributed by atoms with Gasteiger partial charge in [0.05, 0.1) is 0 Å². The van der Waals surface area contributed by atoms with Gasteiger partial charge >= 0.3 is 0 Å². The predicted molar refractivity (Wildman–Crippen MR) is 62.5 cm³/mol. The molecule has 0 fully saturated rings. The molecule has 0 saturated carbocycles. The van der Waals surface area contributed by atoms with E-state index in [-0.39, 0.29) is 0 Å². The van der Waals surface area contributed by atoms with Crippen LogP contribution in [0.3, 0.4) is 0 Å². The Balaban J connectivity index is 2.87. The van der Waals surface area contributed by atoms with E-state index < -0.39 is 5.41 Å². The maximum absolute atomic E-state index is 9.09. The fourth-order valence-electron chi connectivity index (χ4n) is 1.81. The molecule has 3 nitrogen and oxygen atoms in total. The first-order valence-corrected chi connectivity index (χ1v) is 4.99. The van der Waals surface area contributed by atoms with Crippen LogP contribution in [0.15, 0.2) is 42.5 Å². The highest BCUT2D eigenvalue weighted by Crippen LogP contribution is 2.29. The van der Waals surface area contributed by atoms with E-state index in [1.807, 2.05) is 30.3 Å². The van der Waals surface area contributed by atoms with E-state index in [0.717, 1.165) is 10.8 Å². The van der Waals surface area contributed by atoms with Crippen LogP contribution >= 0.6 is 0 Å². The van der Waals surface area contributed by atoms with Crippen molar-refractivity contribution in [1.29, 1.82) is 15.8 Å². The Hall–Kier alpha value is -2.83. The van der Waals surface area contributed by atoms with Crippen LogP contribution in [0.5, 0.6) is 0 Å². The normalized spacial score (nSPS) is 10.2. The molecule has 0 saturated heterocycles. The Labute approximate surface area is 98.8 Å². The van der Waals surface area contributed by atoms with Crippen molar-refractivity contribution in [1.82, 2.24) is 0 Å². The summed E-state index contributed by atoms with van der Waals surface area (Å²) in [4.78, 5) is 0. The summed E-state index contributed by atoms with van der Waals surface area (Å²) in [5, 5.41) is 29.0. The summed E-state index contributed by atoms with van der Waals surface area (Å²) in [5.41, 5.74) is -1.29. The molecule has 0 bridgehead atoms. The van der Waals surface area contributed by atoms with Crippen molar-refractivity contribution in [3.8, 4) is 18.2 Å². The van der Waals surface area contributed by atoms with Gasteiger partial charge < -0.3 is 0 Å². The SMILES string of the molecule is N#CC(C#N)(C#N)c1cccc2ccccc12. The quantitative estimate of drug-likeness (QED) is 0.737. The molecule has 17 heavy (non-hydrogen) atoms. The lowest BCUT2D eigenvalue weighted by atomic mass is 9.82. The second kappa shape index (κ2) is 3.97. The van der Waals surface area contributed by atoms with Crippen LogP contribution in [0.25, 0.3) is 10.8 Å². The van der Waals surface area contributed by atoms with Gasteiger partial charge in [0.2, 0.25) is 0 Å². The molecule has 3 heteroatoms. The first kappa shape index (κ1) is 10.7. The Morgan fingerprint density at radius 2 is 1.35 bits per heavy atom. The van der Waals surface area contributed by atoms with E-state index in [2.05, 4.69) is 0 Å². The highest BCUT2D eigenvalue weighted by Gasteiger charge is 2.33. The maximum atomic E-state index is 9.09. The summed E-state index contributed by atoms with van der Waals surface area (Å²) in [7, 11) is 0. The molecule has 0 aromatic heterocycles. The molecular weight excluding hydrogens is 210 g/mol. The standard InChI is InChI=1S/C14H7N3/c15-8-14(9-16,10-17)13-7-3-5-11-4-1-2-6-12(11)13/h1-7H. The van der Waals surface area contributed by atoms with Gasteiger partial charge in [-0.3, -0.25) is 0 Å². The summed E-state index contributed by atoms with van der Waals surface area (Å²) < 4.78 is 0. The Morgan fingerprint density at radius 3 is 2.00 bits per heavy atom. The molecule has 0 radical (unpaired) electrons. The van der Waals surface area contributed by atoms with Gasteiger partial charge in [-0.2, -0.15) is 15.8 Å². The van der Waals surface area contributed by atoms with Crippen LogP contribution in [0.4, 0.5) is 0 Å². The van der Waals surface area contributed by atoms with Crippen molar-refractivity contribution >= 4 is 10.8 Å². The van der Waals surface area contributed by atoms with Crippen molar-refractivity contribution in [3.05, 3.63) is 48.0 Å². The summed E-state index contributed by atoms with van der Waals surface area (Å²) in [5.74, 6) is 0. The van der Waals surface area contributed by atoms with Crippen molar-refractivity contribution in [2.24, 2.45) is 0 Å². The van der Waals surface area contributed by atoms with Crippen molar-refractivity contribution in [2.75, 3.05) is 0 Å². The van der Waals surface area contributed by atoms with Crippen LogP contribution in [0.1, 0.15) is 5.56 Å². The molecule has 0 aliphatic heterocycles. The molecule has 0 spiro atoms. The number of nitrogens with zero attached hydrogens (tertiary/aromatic N) is 3. The molecule has 0 aliphatic rings. The monoisotopic (exact) mass is 217 g/mol. The first-order chi connectivity index (χ1) is 8.27. The Morgan fingerprint density at radius 1 is 0.765 bits per heavy atom. The lowest BCUT2D eigenvalue weighted by molar-refractivity contribution is 0.916. The minimum atomic E-state index is -1.74. The van der Waals surface area contributed by atoms with Gasteiger partial charge in [-0.1, -0.05) is 42.5 Å². The number of benzene rings is 2. The minimum Gasteiger partial charge on any atom is -0.195 e. The summed E-state index contributed by atoms with van der Waals surface area (Å²) in [6.45, 7) is 0. The van der Waals surface area contributed by atoms with Gasteiger partial charge in [0.1, 0.15) is 18.2 Å². The minimum absolute atomic E-state index is 0.447. The summed E-state index contributed by atoms with van der Waals surface area (Å²) >= 11 is 0. The van der Waals surface area contributed by atoms with Gasteiger partial charge in [0, 0.05) is 5.56 Å².